The molecule has 0 saturated carbocycles. The summed E-state index contributed by atoms with van der Waals surface area (Å²) in [6.45, 7) is 2.13. The minimum absolute atomic E-state index is 0.614. The number of aromatic nitrogens is 1. The van der Waals surface area contributed by atoms with Gasteiger partial charge >= 0.3 is 0 Å². The normalized spacial score (nSPS) is 11.0. The molecule has 0 N–H and O–H groups in total. The molecule has 0 bridgehead atoms. The first kappa shape index (κ1) is 9.44. The zero-order valence-electron chi connectivity index (χ0n) is 6.97. The molecule has 0 saturated heterocycles. The van der Waals surface area contributed by atoms with Crippen molar-refractivity contribution >= 4 is 49.1 Å². The molecule has 0 unspecified atom stereocenters. The maximum atomic E-state index is 5.86. The summed E-state index contributed by atoms with van der Waals surface area (Å²) in [6.07, 6.45) is 0.996. The number of rotatable bonds is 1. The highest BCUT2D eigenvalue weighted by Crippen LogP contribution is 2.33. The maximum Gasteiger partial charge on any atom is 0.184 e. The summed E-state index contributed by atoms with van der Waals surface area (Å²) in [4.78, 5) is 4.23. The molecule has 68 valence electrons. The predicted molar refractivity (Wildman–Crippen MR) is 61.7 cm³/mol. The number of thiazole rings is 1. The Labute approximate surface area is 93.9 Å². The third-order valence-corrected chi connectivity index (χ3v) is 3.91. The van der Waals surface area contributed by atoms with Gasteiger partial charge in [0.2, 0.25) is 0 Å². The zero-order valence-corrected chi connectivity index (χ0v) is 10.1. The molecule has 0 atom stereocenters. The highest BCUT2D eigenvalue weighted by Gasteiger charge is 2.08. The lowest BCUT2D eigenvalue weighted by Gasteiger charge is -2.00. The summed E-state index contributed by atoms with van der Waals surface area (Å²) in [6, 6.07) is 4.01. The van der Waals surface area contributed by atoms with E-state index in [2.05, 4.69) is 27.8 Å². The molecule has 0 aliphatic rings. The molecule has 1 nitrogen and oxygen atoms in total. The summed E-state index contributed by atoms with van der Waals surface area (Å²) in [5.41, 5.74) is 2.29. The Morgan fingerprint density at radius 1 is 1.54 bits per heavy atom. The second kappa shape index (κ2) is 3.56. The van der Waals surface area contributed by atoms with Crippen LogP contribution in [0.25, 0.3) is 10.2 Å². The minimum Gasteiger partial charge on any atom is -0.225 e. The fraction of sp³-hybridized carbons (Fsp3) is 0.222. The number of hydrogen-bond acceptors (Lipinski definition) is 2. The number of nitrogens with zero attached hydrogens (tertiary/aromatic N) is 1. The predicted octanol–water partition coefficient (Wildman–Crippen LogP) is 4.27. The van der Waals surface area contributed by atoms with Gasteiger partial charge in [0.15, 0.2) is 4.47 Å². The van der Waals surface area contributed by atoms with Crippen LogP contribution in [0.3, 0.4) is 0 Å². The topological polar surface area (TPSA) is 12.9 Å². The average Bonchev–Trinajstić information content (AvgIpc) is 2.45. The van der Waals surface area contributed by atoms with Crippen molar-refractivity contribution in [3.8, 4) is 0 Å². The van der Waals surface area contributed by atoms with Gasteiger partial charge in [-0.15, -0.1) is 11.3 Å². The van der Waals surface area contributed by atoms with Gasteiger partial charge in [-0.3, -0.25) is 0 Å². The average molecular weight is 277 g/mol. The van der Waals surface area contributed by atoms with Gasteiger partial charge < -0.3 is 0 Å². The van der Waals surface area contributed by atoms with Crippen LogP contribution in [0.5, 0.6) is 0 Å². The van der Waals surface area contributed by atoms with E-state index >= 15 is 0 Å². The molecule has 13 heavy (non-hydrogen) atoms. The van der Waals surface area contributed by atoms with Crippen LogP contribution in [0.4, 0.5) is 0 Å². The molecule has 0 amide bonds. The largest absolute Gasteiger partial charge is 0.225 e. The standard InChI is InChI=1S/C9H7BrClNS/c1-2-5-6(10)3-4-7-8(5)13-9(11)12-7/h3-4H,2H2,1H3. The molecular weight excluding hydrogens is 270 g/mol. The molecule has 1 heterocycles. The van der Waals surface area contributed by atoms with E-state index in [1.807, 2.05) is 12.1 Å². The van der Waals surface area contributed by atoms with Crippen LogP contribution in [0.2, 0.25) is 4.47 Å². The first-order chi connectivity index (χ1) is 6.22. The molecule has 1 aromatic heterocycles. The number of hydrogen-bond donors (Lipinski definition) is 0. The lowest BCUT2D eigenvalue weighted by Crippen LogP contribution is -1.82. The van der Waals surface area contributed by atoms with E-state index in [-0.39, 0.29) is 0 Å². The van der Waals surface area contributed by atoms with Gasteiger partial charge in [0.25, 0.3) is 0 Å². The third kappa shape index (κ3) is 1.60. The third-order valence-electron chi connectivity index (χ3n) is 1.93. The minimum atomic E-state index is 0.614. The van der Waals surface area contributed by atoms with Crippen LogP contribution < -0.4 is 0 Å². The highest BCUT2D eigenvalue weighted by molar-refractivity contribution is 9.10. The summed E-state index contributed by atoms with van der Waals surface area (Å²) in [7, 11) is 0. The van der Waals surface area contributed by atoms with Gasteiger partial charge in [-0.05, 0) is 24.1 Å². The lowest BCUT2D eigenvalue weighted by atomic mass is 10.1. The zero-order chi connectivity index (χ0) is 9.42. The van der Waals surface area contributed by atoms with Gasteiger partial charge in [0.05, 0.1) is 10.2 Å². The molecule has 2 rings (SSSR count). The quantitative estimate of drug-likeness (QED) is 0.758. The summed E-state index contributed by atoms with van der Waals surface area (Å²) in [5.74, 6) is 0. The monoisotopic (exact) mass is 275 g/mol. The maximum absolute atomic E-state index is 5.86. The Hall–Kier alpha value is -0.120. The summed E-state index contributed by atoms with van der Waals surface area (Å²) >= 11 is 10.9. The van der Waals surface area contributed by atoms with Crippen LogP contribution in [0.15, 0.2) is 16.6 Å². The van der Waals surface area contributed by atoms with Crippen molar-refractivity contribution in [1.29, 1.82) is 0 Å². The molecule has 0 aliphatic heterocycles. The Morgan fingerprint density at radius 3 is 3.00 bits per heavy atom. The van der Waals surface area contributed by atoms with Crippen LogP contribution in [0.1, 0.15) is 12.5 Å². The van der Waals surface area contributed by atoms with E-state index < -0.39 is 0 Å². The van der Waals surface area contributed by atoms with Gasteiger partial charge in [-0.2, -0.15) is 0 Å². The summed E-state index contributed by atoms with van der Waals surface area (Å²) < 4.78 is 2.95. The fourth-order valence-corrected chi connectivity index (χ4v) is 3.30. The first-order valence-electron chi connectivity index (χ1n) is 3.95. The van der Waals surface area contributed by atoms with E-state index in [9.17, 15) is 0 Å². The van der Waals surface area contributed by atoms with Crippen molar-refractivity contribution in [2.45, 2.75) is 13.3 Å². The second-order valence-corrected chi connectivity index (χ2v) is 5.13. The number of halogens is 2. The molecule has 1 aromatic carbocycles. The van der Waals surface area contributed by atoms with Gasteiger partial charge in [-0.1, -0.05) is 34.5 Å². The van der Waals surface area contributed by atoms with E-state index in [0.29, 0.717) is 4.47 Å². The lowest BCUT2D eigenvalue weighted by molar-refractivity contribution is 1.15. The van der Waals surface area contributed by atoms with Crippen LogP contribution in [-0.2, 0) is 6.42 Å². The van der Waals surface area contributed by atoms with E-state index in [0.717, 1.165) is 16.4 Å². The van der Waals surface area contributed by atoms with E-state index in [1.165, 1.54) is 10.3 Å². The highest BCUT2D eigenvalue weighted by atomic mass is 79.9. The smallest absolute Gasteiger partial charge is 0.184 e. The first-order valence-corrected chi connectivity index (χ1v) is 5.94. The molecule has 0 radical (unpaired) electrons. The Morgan fingerprint density at radius 2 is 2.31 bits per heavy atom. The van der Waals surface area contributed by atoms with Crippen molar-refractivity contribution in [1.82, 2.24) is 4.98 Å². The SMILES string of the molecule is CCc1c(Br)ccc2nc(Cl)sc12. The van der Waals surface area contributed by atoms with Gasteiger partial charge in [0, 0.05) is 4.47 Å². The van der Waals surface area contributed by atoms with Crippen molar-refractivity contribution in [3.05, 3.63) is 26.6 Å². The van der Waals surface area contributed by atoms with E-state index in [4.69, 9.17) is 11.6 Å². The second-order valence-electron chi connectivity index (χ2n) is 2.69. The van der Waals surface area contributed by atoms with Crippen LogP contribution in [-0.4, -0.2) is 4.98 Å². The molecular formula is C9H7BrClNS. The Balaban J connectivity index is 2.82. The fourth-order valence-electron chi connectivity index (χ4n) is 1.32. The van der Waals surface area contributed by atoms with Crippen molar-refractivity contribution < 1.29 is 0 Å². The van der Waals surface area contributed by atoms with Crippen LogP contribution >= 0.6 is 38.9 Å². The summed E-state index contributed by atoms with van der Waals surface area (Å²) in [5, 5.41) is 0. The molecule has 0 spiro atoms. The number of fused-ring (bicyclic) bond motifs is 1. The van der Waals surface area contributed by atoms with Crippen LogP contribution in [0, 0.1) is 0 Å². The van der Waals surface area contributed by atoms with Gasteiger partial charge in [-0.25, -0.2) is 4.98 Å². The number of benzene rings is 1. The van der Waals surface area contributed by atoms with E-state index in [1.54, 1.807) is 11.3 Å². The number of aryl methyl sites for hydroxylation is 1. The Kier molecular flexibility index (Phi) is 2.58. The molecule has 0 aliphatic carbocycles. The van der Waals surface area contributed by atoms with Crippen molar-refractivity contribution in [2.75, 3.05) is 0 Å². The molecule has 0 fully saturated rings. The molecule has 4 heteroatoms. The van der Waals surface area contributed by atoms with Crippen molar-refractivity contribution in [2.24, 2.45) is 0 Å². The molecule has 2 aromatic rings. The van der Waals surface area contributed by atoms with Crippen molar-refractivity contribution in [3.63, 3.8) is 0 Å². The van der Waals surface area contributed by atoms with Gasteiger partial charge in [0.1, 0.15) is 0 Å². The Bertz CT molecular complexity index is 452.